The van der Waals surface area contributed by atoms with E-state index in [0.29, 0.717) is 12.0 Å². The van der Waals surface area contributed by atoms with Gasteiger partial charge in [-0.1, -0.05) is 6.07 Å². The summed E-state index contributed by atoms with van der Waals surface area (Å²) in [5, 5.41) is 1.37. The highest BCUT2D eigenvalue weighted by Crippen LogP contribution is 2.35. The number of nitrogens with one attached hydrogen (secondary N) is 1. The maximum atomic E-state index is 4.16. The summed E-state index contributed by atoms with van der Waals surface area (Å²) in [5.41, 5.74) is 6.53. The van der Waals surface area contributed by atoms with Gasteiger partial charge in [-0.25, -0.2) is 0 Å². The Morgan fingerprint density at radius 1 is 0.935 bits per heavy atom. The number of piperidine rings is 2. The Balaban J connectivity index is 1.26. The number of hydrogen-bond acceptors (Lipinski definition) is 3. The molecule has 1 N–H and O–H groups in total. The normalized spacial score (nSPS) is 20.1. The first-order chi connectivity index (χ1) is 15.1. The quantitative estimate of drug-likeness (QED) is 0.602. The number of hydrogen-bond donors (Lipinski definition) is 1. The van der Waals surface area contributed by atoms with Gasteiger partial charge in [0.05, 0.1) is 0 Å². The lowest BCUT2D eigenvalue weighted by atomic mass is 9.87. The molecule has 2 aliphatic heterocycles. The van der Waals surface area contributed by atoms with Crippen molar-refractivity contribution in [2.75, 3.05) is 26.2 Å². The summed E-state index contributed by atoms with van der Waals surface area (Å²) in [4.78, 5) is 13.2. The minimum atomic E-state index is 0.690. The zero-order valence-electron chi connectivity index (χ0n) is 19.3. The summed E-state index contributed by atoms with van der Waals surface area (Å²) >= 11 is 0. The maximum Gasteiger partial charge on any atom is 0.0495 e. The van der Waals surface area contributed by atoms with Crippen molar-refractivity contribution >= 4 is 10.9 Å². The fraction of sp³-hybridized carbons (Fsp3) is 0.519. The van der Waals surface area contributed by atoms with E-state index in [-0.39, 0.29) is 0 Å². The third-order valence-corrected chi connectivity index (χ3v) is 7.80. The molecule has 3 aromatic rings. The predicted molar refractivity (Wildman–Crippen MR) is 130 cm³/mol. The van der Waals surface area contributed by atoms with Crippen molar-refractivity contribution in [1.29, 1.82) is 0 Å². The predicted octanol–water partition coefficient (Wildman–Crippen LogP) is 5.59. The van der Waals surface area contributed by atoms with E-state index in [0.717, 1.165) is 6.04 Å². The summed E-state index contributed by atoms with van der Waals surface area (Å²) in [6, 6.07) is 12.8. The van der Waals surface area contributed by atoms with Crippen molar-refractivity contribution in [1.82, 2.24) is 19.8 Å². The number of aromatic nitrogens is 2. The van der Waals surface area contributed by atoms with Crippen LogP contribution in [0.15, 0.2) is 42.7 Å². The van der Waals surface area contributed by atoms with E-state index in [1.807, 2.05) is 12.4 Å². The lowest BCUT2D eigenvalue weighted by Gasteiger charge is -2.42. The van der Waals surface area contributed by atoms with Crippen molar-refractivity contribution in [3.05, 3.63) is 53.9 Å². The van der Waals surface area contributed by atoms with Gasteiger partial charge in [0.2, 0.25) is 0 Å². The van der Waals surface area contributed by atoms with Crippen LogP contribution in [0, 0.1) is 6.92 Å². The molecule has 0 spiro atoms. The van der Waals surface area contributed by atoms with E-state index < -0.39 is 0 Å². The molecule has 0 aliphatic carbocycles. The SMILES string of the molecule is Cc1c(-c2ccncc2)[nH]c2ccc(C3CCN(C4CCN(C(C)C)CC4)CC3)cc12. The van der Waals surface area contributed by atoms with E-state index in [1.54, 1.807) is 0 Å². The Bertz CT molecular complexity index is 1010. The van der Waals surface area contributed by atoms with Crippen LogP contribution in [0.5, 0.6) is 0 Å². The lowest BCUT2D eigenvalue weighted by molar-refractivity contribution is 0.0753. The van der Waals surface area contributed by atoms with Crippen molar-refractivity contribution in [2.45, 2.75) is 64.5 Å². The van der Waals surface area contributed by atoms with Crippen LogP contribution in [0.1, 0.15) is 56.6 Å². The number of likely N-dealkylation sites (tertiary alicyclic amines) is 2. The lowest BCUT2D eigenvalue weighted by Crippen LogP contribution is -2.48. The third kappa shape index (κ3) is 4.16. The third-order valence-electron chi connectivity index (χ3n) is 7.80. The fourth-order valence-electron chi connectivity index (χ4n) is 5.77. The number of aryl methyl sites for hydroxylation is 1. The van der Waals surface area contributed by atoms with E-state index in [4.69, 9.17) is 0 Å². The van der Waals surface area contributed by atoms with Crippen molar-refractivity contribution in [3.8, 4) is 11.3 Å². The Hall–Kier alpha value is -2.17. The molecule has 2 aromatic heterocycles. The Morgan fingerprint density at radius 2 is 1.65 bits per heavy atom. The minimum Gasteiger partial charge on any atom is -0.354 e. The van der Waals surface area contributed by atoms with Gasteiger partial charge in [0.15, 0.2) is 0 Å². The number of rotatable bonds is 4. The molecule has 0 atom stereocenters. The van der Waals surface area contributed by atoms with Gasteiger partial charge in [-0.05, 0) is 114 Å². The van der Waals surface area contributed by atoms with Crippen LogP contribution in [0.4, 0.5) is 0 Å². The molecule has 0 unspecified atom stereocenters. The molecule has 4 heteroatoms. The fourth-order valence-corrected chi connectivity index (χ4v) is 5.77. The molecular formula is C27H36N4. The number of benzene rings is 1. The van der Waals surface area contributed by atoms with Crippen LogP contribution in [-0.4, -0.2) is 58.0 Å². The average molecular weight is 417 g/mol. The monoisotopic (exact) mass is 416 g/mol. The van der Waals surface area contributed by atoms with Crippen LogP contribution in [0.3, 0.4) is 0 Å². The number of aromatic amines is 1. The second-order valence-corrected chi connectivity index (χ2v) is 9.84. The second-order valence-electron chi connectivity index (χ2n) is 9.84. The Kier molecular flexibility index (Phi) is 5.85. The van der Waals surface area contributed by atoms with Gasteiger partial charge in [-0.15, -0.1) is 0 Å². The second kappa shape index (κ2) is 8.76. The first-order valence-electron chi connectivity index (χ1n) is 12.1. The summed E-state index contributed by atoms with van der Waals surface area (Å²) in [6.45, 7) is 11.9. The number of nitrogens with zero attached hydrogens (tertiary/aromatic N) is 3. The molecule has 0 saturated carbocycles. The van der Waals surface area contributed by atoms with Gasteiger partial charge < -0.3 is 14.8 Å². The highest BCUT2D eigenvalue weighted by Gasteiger charge is 2.29. The summed E-state index contributed by atoms with van der Waals surface area (Å²) < 4.78 is 0. The first-order valence-corrected chi connectivity index (χ1v) is 12.1. The van der Waals surface area contributed by atoms with Gasteiger partial charge in [0, 0.05) is 46.6 Å². The van der Waals surface area contributed by atoms with Gasteiger partial charge >= 0.3 is 0 Å². The summed E-state index contributed by atoms with van der Waals surface area (Å²) in [6.07, 6.45) is 9.00. The minimum absolute atomic E-state index is 0.690. The standard InChI is InChI=1S/C27H36N4/c1-19(2)30-16-10-24(11-17-30)31-14-8-21(9-15-31)23-4-5-26-25(18-23)20(3)27(29-26)22-6-12-28-13-7-22/h4-7,12-13,18-19,21,24,29H,8-11,14-17H2,1-3H3. The van der Waals surface area contributed by atoms with Gasteiger partial charge in [0.25, 0.3) is 0 Å². The van der Waals surface area contributed by atoms with Crippen LogP contribution in [0.2, 0.25) is 0 Å². The largest absolute Gasteiger partial charge is 0.354 e. The van der Waals surface area contributed by atoms with E-state index in [1.165, 1.54) is 85.1 Å². The summed E-state index contributed by atoms with van der Waals surface area (Å²) in [7, 11) is 0. The first kappa shape index (κ1) is 20.7. The molecule has 2 fully saturated rings. The van der Waals surface area contributed by atoms with Crippen LogP contribution in [-0.2, 0) is 0 Å². The molecule has 4 heterocycles. The Morgan fingerprint density at radius 3 is 2.32 bits per heavy atom. The molecule has 0 bridgehead atoms. The molecule has 2 aliphatic rings. The van der Waals surface area contributed by atoms with Crippen LogP contribution < -0.4 is 0 Å². The Labute approximate surface area is 186 Å². The molecule has 164 valence electrons. The molecule has 0 radical (unpaired) electrons. The average Bonchev–Trinajstić information content (AvgIpc) is 3.15. The molecule has 31 heavy (non-hydrogen) atoms. The molecule has 0 amide bonds. The smallest absolute Gasteiger partial charge is 0.0495 e. The topological polar surface area (TPSA) is 35.2 Å². The maximum absolute atomic E-state index is 4.16. The van der Waals surface area contributed by atoms with E-state index in [2.05, 4.69) is 70.9 Å². The number of H-pyrrole nitrogens is 1. The number of fused-ring (bicyclic) bond motifs is 1. The number of pyridine rings is 1. The molecule has 2 saturated heterocycles. The van der Waals surface area contributed by atoms with E-state index >= 15 is 0 Å². The molecular weight excluding hydrogens is 380 g/mol. The van der Waals surface area contributed by atoms with Crippen molar-refractivity contribution < 1.29 is 0 Å². The highest BCUT2D eigenvalue weighted by atomic mass is 15.2. The van der Waals surface area contributed by atoms with Crippen molar-refractivity contribution in [3.63, 3.8) is 0 Å². The zero-order valence-corrected chi connectivity index (χ0v) is 19.3. The molecule has 4 nitrogen and oxygen atoms in total. The zero-order chi connectivity index (χ0) is 21.4. The molecule has 1 aromatic carbocycles. The van der Waals surface area contributed by atoms with Crippen LogP contribution in [0.25, 0.3) is 22.2 Å². The van der Waals surface area contributed by atoms with E-state index in [9.17, 15) is 0 Å². The highest BCUT2D eigenvalue weighted by molar-refractivity contribution is 5.91. The summed E-state index contributed by atoms with van der Waals surface area (Å²) in [5.74, 6) is 0.690. The molecule has 5 rings (SSSR count). The van der Waals surface area contributed by atoms with Gasteiger partial charge in [-0.2, -0.15) is 0 Å². The van der Waals surface area contributed by atoms with Crippen molar-refractivity contribution in [2.24, 2.45) is 0 Å². The van der Waals surface area contributed by atoms with Gasteiger partial charge in [0.1, 0.15) is 0 Å². The van der Waals surface area contributed by atoms with Crippen LogP contribution >= 0.6 is 0 Å². The van der Waals surface area contributed by atoms with Gasteiger partial charge in [-0.3, -0.25) is 4.98 Å².